The van der Waals surface area contributed by atoms with Crippen LogP contribution in [0.2, 0.25) is 0 Å². The fourth-order valence-electron chi connectivity index (χ4n) is 3.26. The van der Waals surface area contributed by atoms with E-state index in [9.17, 15) is 14.4 Å². The first-order valence-electron chi connectivity index (χ1n) is 9.35. The highest BCUT2D eigenvalue weighted by Gasteiger charge is 2.28. The monoisotopic (exact) mass is 388 g/mol. The lowest BCUT2D eigenvalue weighted by atomic mass is 9.92. The van der Waals surface area contributed by atoms with Gasteiger partial charge in [0.1, 0.15) is 6.04 Å². The molecule has 8 heteroatoms. The topological polar surface area (TPSA) is 123 Å². The molecule has 1 aromatic carbocycles. The zero-order chi connectivity index (χ0) is 20.7. The van der Waals surface area contributed by atoms with E-state index >= 15 is 0 Å². The van der Waals surface area contributed by atoms with E-state index in [1.807, 2.05) is 44.2 Å². The quantitative estimate of drug-likeness (QED) is 0.330. The minimum Gasteiger partial charge on any atom is -0.358 e. The number of rotatable bonds is 9. The molecule has 2 atom stereocenters. The van der Waals surface area contributed by atoms with E-state index in [0.717, 1.165) is 16.6 Å². The second kappa shape index (κ2) is 9.89. The van der Waals surface area contributed by atoms with Crippen LogP contribution in [-0.4, -0.2) is 41.0 Å². The Hall–Kier alpha value is -2.87. The molecular weight excluding hydrogens is 360 g/mol. The first-order chi connectivity index (χ1) is 13.3. The van der Waals surface area contributed by atoms with Crippen molar-refractivity contribution in [1.82, 2.24) is 21.1 Å². The summed E-state index contributed by atoms with van der Waals surface area (Å²) in [5.74, 6) is -1.80. The van der Waals surface area contributed by atoms with Crippen LogP contribution in [0.5, 0.6) is 0 Å². The average Bonchev–Trinajstić information content (AvgIpc) is 3.08. The number of fused-ring (bicyclic) bond motifs is 1. The standard InChI is InChI=1S/C20H28N4O4/c1-12(2)8-14(10-18(25)24-28)19(26)23-17(20(27)21-3)11-15-9-13-6-4-5-7-16(13)22-15/h4-7,9,12,14,17,22,28H,8,10-11H2,1-3H3,(H,21,27)(H,23,26)(H,24,25)/t14-,17+/m1/s1. The number of para-hydroxylation sites is 1. The molecule has 2 aromatic rings. The molecule has 5 N–H and O–H groups in total. The second-order valence-electron chi connectivity index (χ2n) is 7.33. The van der Waals surface area contributed by atoms with Crippen molar-refractivity contribution in [2.45, 2.75) is 39.2 Å². The first-order valence-corrected chi connectivity index (χ1v) is 9.35. The summed E-state index contributed by atoms with van der Waals surface area (Å²) in [5.41, 5.74) is 3.34. The van der Waals surface area contributed by atoms with E-state index < -0.39 is 17.9 Å². The number of H-pyrrole nitrogens is 1. The van der Waals surface area contributed by atoms with Crippen LogP contribution in [0.15, 0.2) is 30.3 Å². The third kappa shape index (κ3) is 5.82. The lowest BCUT2D eigenvalue weighted by Crippen LogP contribution is -2.49. The maximum absolute atomic E-state index is 12.8. The van der Waals surface area contributed by atoms with Gasteiger partial charge in [-0.1, -0.05) is 32.0 Å². The van der Waals surface area contributed by atoms with Crippen molar-refractivity contribution in [3.63, 3.8) is 0 Å². The van der Waals surface area contributed by atoms with Gasteiger partial charge in [-0.2, -0.15) is 0 Å². The van der Waals surface area contributed by atoms with Crippen LogP contribution in [0.4, 0.5) is 0 Å². The van der Waals surface area contributed by atoms with Crippen molar-refractivity contribution in [2.24, 2.45) is 11.8 Å². The zero-order valence-corrected chi connectivity index (χ0v) is 16.4. The molecule has 0 saturated carbocycles. The highest BCUT2D eigenvalue weighted by molar-refractivity contribution is 5.90. The van der Waals surface area contributed by atoms with Crippen LogP contribution < -0.4 is 16.1 Å². The van der Waals surface area contributed by atoms with Crippen molar-refractivity contribution in [3.8, 4) is 0 Å². The van der Waals surface area contributed by atoms with Gasteiger partial charge in [-0.05, 0) is 29.9 Å². The largest absolute Gasteiger partial charge is 0.358 e. The Bertz CT molecular complexity index is 797. The summed E-state index contributed by atoms with van der Waals surface area (Å²) in [6.45, 7) is 3.88. The van der Waals surface area contributed by atoms with Crippen LogP contribution in [0, 0.1) is 11.8 Å². The van der Waals surface area contributed by atoms with Gasteiger partial charge in [-0.25, -0.2) is 5.48 Å². The molecule has 8 nitrogen and oxygen atoms in total. The van der Waals surface area contributed by atoms with E-state index in [1.165, 1.54) is 7.05 Å². The maximum Gasteiger partial charge on any atom is 0.244 e. The van der Waals surface area contributed by atoms with Crippen LogP contribution in [0.25, 0.3) is 10.9 Å². The van der Waals surface area contributed by atoms with Gasteiger partial charge in [-0.3, -0.25) is 19.6 Å². The number of aromatic amines is 1. The molecule has 0 spiro atoms. The van der Waals surface area contributed by atoms with Crippen LogP contribution in [0.3, 0.4) is 0 Å². The van der Waals surface area contributed by atoms with Gasteiger partial charge in [0.05, 0.1) is 0 Å². The van der Waals surface area contributed by atoms with E-state index in [0.29, 0.717) is 12.8 Å². The molecule has 1 heterocycles. The molecule has 152 valence electrons. The Morgan fingerprint density at radius 3 is 2.46 bits per heavy atom. The summed E-state index contributed by atoms with van der Waals surface area (Å²) in [4.78, 5) is 39.9. The fourth-order valence-corrected chi connectivity index (χ4v) is 3.26. The number of carbonyl (C=O) groups excluding carboxylic acids is 3. The molecule has 0 radical (unpaired) electrons. The summed E-state index contributed by atoms with van der Waals surface area (Å²) in [6.07, 6.45) is 0.611. The molecule has 0 bridgehead atoms. The minimum atomic E-state index is -0.780. The molecular formula is C20H28N4O4. The van der Waals surface area contributed by atoms with Gasteiger partial charge in [0, 0.05) is 37.0 Å². The van der Waals surface area contributed by atoms with Gasteiger partial charge < -0.3 is 15.6 Å². The third-order valence-electron chi connectivity index (χ3n) is 4.57. The van der Waals surface area contributed by atoms with Gasteiger partial charge in [-0.15, -0.1) is 0 Å². The molecule has 1 aromatic heterocycles. The summed E-state index contributed by atoms with van der Waals surface area (Å²) in [5, 5.41) is 15.1. The van der Waals surface area contributed by atoms with Crippen LogP contribution >= 0.6 is 0 Å². The van der Waals surface area contributed by atoms with E-state index in [4.69, 9.17) is 5.21 Å². The fraction of sp³-hybridized carbons (Fsp3) is 0.450. The van der Waals surface area contributed by atoms with Crippen LogP contribution in [-0.2, 0) is 20.8 Å². The first kappa shape index (κ1) is 21.4. The normalized spacial score (nSPS) is 13.2. The lowest BCUT2D eigenvalue weighted by Gasteiger charge is -2.22. The number of hydroxylamine groups is 1. The minimum absolute atomic E-state index is 0.145. The second-order valence-corrected chi connectivity index (χ2v) is 7.33. The SMILES string of the molecule is CNC(=O)[C@H](Cc1cc2ccccc2[nH]1)NC(=O)[C@@H](CC(=O)NO)CC(C)C. The van der Waals surface area contributed by atoms with Crippen LogP contribution in [0.1, 0.15) is 32.4 Å². The number of carbonyl (C=O) groups is 3. The molecule has 2 rings (SSSR count). The van der Waals surface area contributed by atoms with Crippen molar-refractivity contribution in [1.29, 1.82) is 0 Å². The maximum atomic E-state index is 12.8. The van der Waals surface area contributed by atoms with Gasteiger partial charge in [0.2, 0.25) is 17.7 Å². The van der Waals surface area contributed by atoms with E-state index in [-0.39, 0.29) is 24.2 Å². The van der Waals surface area contributed by atoms with Crippen molar-refractivity contribution < 1.29 is 19.6 Å². The summed E-state index contributed by atoms with van der Waals surface area (Å²) in [6, 6.07) is 8.93. The highest BCUT2D eigenvalue weighted by Crippen LogP contribution is 2.18. The lowest BCUT2D eigenvalue weighted by molar-refractivity contribution is -0.136. The molecule has 0 aliphatic carbocycles. The Morgan fingerprint density at radius 1 is 1.14 bits per heavy atom. The Labute approximate surface area is 164 Å². The van der Waals surface area contributed by atoms with Crippen molar-refractivity contribution in [2.75, 3.05) is 7.05 Å². The predicted molar refractivity (Wildman–Crippen MR) is 105 cm³/mol. The Morgan fingerprint density at radius 2 is 1.86 bits per heavy atom. The predicted octanol–water partition coefficient (Wildman–Crippen LogP) is 1.50. The number of benzene rings is 1. The number of hydrogen-bond donors (Lipinski definition) is 5. The molecule has 0 aliphatic rings. The summed E-state index contributed by atoms with van der Waals surface area (Å²) in [7, 11) is 1.51. The number of likely N-dealkylation sites (N-methyl/N-ethyl adjacent to an activating group) is 1. The van der Waals surface area contributed by atoms with E-state index in [1.54, 1.807) is 5.48 Å². The number of aromatic nitrogens is 1. The summed E-state index contributed by atoms with van der Waals surface area (Å²) < 4.78 is 0. The van der Waals surface area contributed by atoms with Crippen molar-refractivity contribution in [3.05, 3.63) is 36.0 Å². The molecule has 3 amide bonds. The van der Waals surface area contributed by atoms with Gasteiger partial charge in [0.15, 0.2) is 0 Å². The highest BCUT2D eigenvalue weighted by atomic mass is 16.5. The molecule has 0 unspecified atom stereocenters. The van der Waals surface area contributed by atoms with E-state index in [2.05, 4.69) is 15.6 Å². The average molecular weight is 388 g/mol. The Balaban J connectivity index is 2.15. The number of nitrogens with one attached hydrogen (secondary N) is 4. The molecule has 0 fully saturated rings. The number of amides is 3. The third-order valence-corrected chi connectivity index (χ3v) is 4.57. The summed E-state index contributed by atoms with van der Waals surface area (Å²) >= 11 is 0. The smallest absolute Gasteiger partial charge is 0.244 e. The molecule has 0 saturated heterocycles. The van der Waals surface area contributed by atoms with Gasteiger partial charge in [0.25, 0.3) is 0 Å². The van der Waals surface area contributed by atoms with Crippen molar-refractivity contribution >= 4 is 28.6 Å². The Kier molecular flexibility index (Phi) is 7.57. The molecule has 0 aliphatic heterocycles. The molecule has 28 heavy (non-hydrogen) atoms. The number of hydrogen-bond acceptors (Lipinski definition) is 4. The zero-order valence-electron chi connectivity index (χ0n) is 16.4. The van der Waals surface area contributed by atoms with Gasteiger partial charge >= 0.3 is 0 Å².